The van der Waals surface area contributed by atoms with Crippen molar-refractivity contribution in [3.63, 3.8) is 0 Å². The molecule has 0 amide bonds. The number of nitrogens with zero attached hydrogens (tertiary/aromatic N) is 4. The molecule has 3 heterocycles. The van der Waals surface area contributed by atoms with Crippen LogP contribution in [0.25, 0.3) is 15.8 Å². The molecule has 8 nitrogen and oxygen atoms in total. The van der Waals surface area contributed by atoms with Crippen LogP contribution >= 0.6 is 11.3 Å². The number of guanidine groups is 1. The highest BCUT2D eigenvalue weighted by molar-refractivity contribution is 7.19. The fraction of sp³-hybridized carbons (Fsp3) is 0.375. The molecular weight excluding hydrogens is 434 g/mol. The maximum absolute atomic E-state index is 9.57. The van der Waals surface area contributed by atoms with Crippen LogP contribution < -0.4 is 20.9 Å². The molecule has 33 heavy (non-hydrogen) atoms. The van der Waals surface area contributed by atoms with Crippen molar-refractivity contribution in [3.05, 3.63) is 53.6 Å². The van der Waals surface area contributed by atoms with Crippen LogP contribution in [-0.4, -0.2) is 54.3 Å². The van der Waals surface area contributed by atoms with E-state index in [4.69, 9.17) is 9.98 Å². The zero-order valence-corrected chi connectivity index (χ0v) is 19.7. The predicted octanol–water partition coefficient (Wildman–Crippen LogP) is 3.25. The third-order valence-electron chi connectivity index (χ3n) is 6.16. The average molecular weight is 464 g/mol. The zero-order valence-electron chi connectivity index (χ0n) is 18.9. The van der Waals surface area contributed by atoms with Crippen molar-refractivity contribution in [2.24, 2.45) is 10.9 Å². The number of rotatable bonds is 6. The first-order valence-corrected chi connectivity index (χ1v) is 12.1. The number of aromatic nitrogens is 2. The molecule has 1 aliphatic carbocycles. The lowest BCUT2D eigenvalue weighted by atomic mass is 10.1. The summed E-state index contributed by atoms with van der Waals surface area (Å²) in [7, 11) is 4.06. The van der Waals surface area contributed by atoms with Gasteiger partial charge in [-0.2, -0.15) is 0 Å². The molecule has 2 aromatic heterocycles. The lowest BCUT2D eigenvalue weighted by molar-refractivity contribution is 0.228. The Bertz CT molecular complexity index is 1170. The lowest BCUT2D eigenvalue weighted by Gasteiger charge is -2.26. The van der Waals surface area contributed by atoms with Crippen LogP contribution in [0, 0.1) is 5.92 Å². The van der Waals surface area contributed by atoms with E-state index >= 15 is 0 Å². The van der Waals surface area contributed by atoms with Crippen molar-refractivity contribution in [2.45, 2.75) is 25.3 Å². The Hall–Kier alpha value is -3.17. The van der Waals surface area contributed by atoms with E-state index in [1.165, 1.54) is 0 Å². The Kier molecular flexibility index (Phi) is 6.15. The van der Waals surface area contributed by atoms with E-state index in [1.807, 2.05) is 32.3 Å². The molecule has 5 rings (SSSR count). The minimum atomic E-state index is 0.249. The first-order chi connectivity index (χ1) is 16.1. The van der Waals surface area contributed by atoms with Crippen molar-refractivity contribution in [2.75, 3.05) is 37.5 Å². The van der Waals surface area contributed by atoms with Crippen LogP contribution in [-0.2, 0) is 0 Å². The minimum absolute atomic E-state index is 0.249. The molecular formula is C24H29N7OS. The first-order valence-electron chi connectivity index (χ1n) is 11.3. The molecule has 2 aliphatic rings. The van der Waals surface area contributed by atoms with Crippen LogP contribution in [0.4, 0.5) is 11.4 Å². The molecule has 0 bridgehead atoms. The summed E-state index contributed by atoms with van der Waals surface area (Å²) in [5.41, 5.74) is 4.05. The lowest BCUT2D eigenvalue weighted by Crippen LogP contribution is -2.42. The third-order valence-corrected chi connectivity index (χ3v) is 7.26. The number of aliphatic imine (C=N–C) groups is 1. The molecule has 0 saturated heterocycles. The molecule has 3 aromatic rings. The normalized spacial score (nSPS) is 20.5. The van der Waals surface area contributed by atoms with E-state index in [9.17, 15) is 5.11 Å². The highest BCUT2D eigenvalue weighted by atomic mass is 32.1. The summed E-state index contributed by atoms with van der Waals surface area (Å²) in [6.07, 6.45) is 6.64. The third kappa shape index (κ3) is 4.79. The molecule has 0 spiro atoms. The Morgan fingerprint density at radius 3 is 2.94 bits per heavy atom. The van der Waals surface area contributed by atoms with Gasteiger partial charge in [-0.1, -0.05) is 6.07 Å². The van der Waals surface area contributed by atoms with Gasteiger partial charge in [-0.05, 0) is 49.4 Å². The summed E-state index contributed by atoms with van der Waals surface area (Å²) >= 11 is 1.66. The van der Waals surface area contributed by atoms with Gasteiger partial charge in [-0.15, -0.1) is 11.3 Å². The smallest absolute Gasteiger partial charge is 0.201 e. The molecule has 1 saturated carbocycles. The fourth-order valence-electron chi connectivity index (χ4n) is 4.32. The molecule has 1 aromatic carbocycles. The summed E-state index contributed by atoms with van der Waals surface area (Å²) in [6, 6.07) is 10.5. The number of aliphatic hydroxyl groups excluding tert-OH is 1. The van der Waals surface area contributed by atoms with Gasteiger partial charge in [0.25, 0.3) is 0 Å². The summed E-state index contributed by atoms with van der Waals surface area (Å²) in [5.74, 6) is 2.01. The maximum Gasteiger partial charge on any atom is 0.201 e. The van der Waals surface area contributed by atoms with Crippen LogP contribution in [0.5, 0.6) is 0 Å². The van der Waals surface area contributed by atoms with Crippen LogP contribution in [0.2, 0.25) is 0 Å². The highest BCUT2D eigenvalue weighted by Crippen LogP contribution is 2.31. The largest absolute Gasteiger partial charge is 0.396 e. The van der Waals surface area contributed by atoms with Gasteiger partial charge in [-0.3, -0.25) is 4.98 Å². The van der Waals surface area contributed by atoms with Crippen molar-refractivity contribution in [1.82, 2.24) is 20.6 Å². The molecule has 2 unspecified atom stereocenters. The minimum Gasteiger partial charge on any atom is -0.396 e. The second-order valence-corrected chi connectivity index (χ2v) is 9.81. The van der Waals surface area contributed by atoms with Crippen LogP contribution in [0.15, 0.2) is 53.5 Å². The van der Waals surface area contributed by atoms with E-state index in [0.717, 1.165) is 57.3 Å². The van der Waals surface area contributed by atoms with E-state index in [-0.39, 0.29) is 6.61 Å². The van der Waals surface area contributed by atoms with E-state index in [1.54, 1.807) is 23.7 Å². The monoisotopic (exact) mass is 463 g/mol. The van der Waals surface area contributed by atoms with Gasteiger partial charge < -0.3 is 26.0 Å². The number of pyridine rings is 1. The Labute approximate surface area is 197 Å². The van der Waals surface area contributed by atoms with Gasteiger partial charge >= 0.3 is 0 Å². The second-order valence-electron chi connectivity index (χ2n) is 8.78. The molecule has 4 N–H and O–H groups in total. The topological polar surface area (TPSA) is 97.7 Å². The standard InChI is InChI=1S/C24H29N7OS/c1-31(2)18-5-3-4-16(11-18)28-24-26-12-19(23-29-20-13-25-9-8-21(20)33-23)22(30-24)27-17-7-6-15(10-17)14-32/h3-5,8-9,11,13,15,17,27,32H,6-7,10,12,14H2,1-2H3,(H2,26,28,30). The van der Waals surface area contributed by atoms with Crippen molar-refractivity contribution in [1.29, 1.82) is 0 Å². The Morgan fingerprint density at radius 1 is 1.24 bits per heavy atom. The van der Waals surface area contributed by atoms with E-state index in [2.05, 4.69) is 38.0 Å². The van der Waals surface area contributed by atoms with E-state index in [0.29, 0.717) is 24.5 Å². The molecule has 172 valence electrons. The van der Waals surface area contributed by atoms with Gasteiger partial charge in [0.2, 0.25) is 5.96 Å². The number of hydrogen-bond acceptors (Lipinski definition) is 9. The molecule has 2 atom stereocenters. The number of anilines is 2. The number of thiazole rings is 1. The van der Waals surface area contributed by atoms with Gasteiger partial charge in [-0.25, -0.2) is 9.98 Å². The SMILES string of the molecule is CN(C)c1cccc(NC2=NCC(c3nc4cnccc4s3)=C(NC3CCC(CO)C3)N2)c1. The van der Waals surface area contributed by atoms with Crippen molar-refractivity contribution in [3.8, 4) is 0 Å². The fourth-order valence-corrected chi connectivity index (χ4v) is 5.30. The van der Waals surface area contributed by atoms with Crippen LogP contribution in [0.3, 0.4) is 0 Å². The summed E-state index contributed by atoms with van der Waals surface area (Å²) in [5, 5.41) is 21.1. The van der Waals surface area contributed by atoms with Gasteiger partial charge in [0.05, 0.1) is 17.4 Å². The first kappa shape index (κ1) is 21.7. The molecule has 1 fully saturated rings. The van der Waals surface area contributed by atoms with E-state index < -0.39 is 0 Å². The van der Waals surface area contributed by atoms with Crippen LogP contribution in [0.1, 0.15) is 24.3 Å². The average Bonchev–Trinajstić information content (AvgIpc) is 3.46. The predicted molar refractivity (Wildman–Crippen MR) is 136 cm³/mol. The number of benzene rings is 1. The second kappa shape index (κ2) is 9.36. The molecule has 9 heteroatoms. The van der Waals surface area contributed by atoms with Gasteiger partial charge in [0, 0.05) is 49.9 Å². The van der Waals surface area contributed by atoms with Gasteiger partial charge in [0.1, 0.15) is 16.3 Å². The number of fused-ring (bicyclic) bond motifs is 1. The Morgan fingerprint density at radius 2 is 2.15 bits per heavy atom. The molecule has 1 aliphatic heterocycles. The summed E-state index contributed by atoms with van der Waals surface area (Å²) in [4.78, 5) is 15.9. The van der Waals surface area contributed by atoms with Gasteiger partial charge in [0.15, 0.2) is 0 Å². The quantitative estimate of drug-likeness (QED) is 0.446. The number of nitrogens with one attached hydrogen (secondary N) is 3. The maximum atomic E-state index is 9.57. The Balaban J connectivity index is 1.41. The van der Waals surface area contributed by atoms with Crippen molar-refractivity contribution >= 4 is 44.5 Å². The summed E-state index contributed by atoms with van der Waals surface area (Å²) in [6.45, 7) is 0.771. The zero-order chi connectivity index (χ0) is 22.8. The number of hydrogen-bond donors (Lipinski definition) is 4. The molecule has 0 radical (unpaired) electrons. The van der Waals surface area contributed by atoms with Crippen molar-refractivity contribution < 1.29 is 5.11 Å². The summed E-state index contributed by atoms with van der Waals surface area (Å²) < 4.78 is 1.11. The highest BCUT2D eigenvalue weighted by Gasteiger charge is 2.27. The number of aliphatic hydroxyl groups is 1.